The highest BCUT2D eigenvalue weighted by molar-refractivity contribution is 9.10. The fraction of sp³-hybridized carbons (Fsp3) is 0.0769. The lowest BCUT2D eigenvalue weighted by Gasteiger charge is -2.10. The molecule has 0 aliphatic rings. The molecule has 0 amide bonds. The highest BCUT2D eigenvalue weighted by Gasteiger charge is 2.07. The first-order valence-electron chi connectivity index (χ1n) is 5.20. The van der Waals surface area contributed by atoms with E-state index in [9.17, 15) is 4.39 Å². The van der Waals surface area contributed by atoms with Crippen LogP contribution in [0.4, 0.5) is 10.1 Å². The normalized spacial score (nSPS) is 10.4. The van der Waals surface area contributed by atoms with Gasteiger partial charge in [0.15, 0.2) is 0 Å². The van der Waals surface area contributed by atoms with Crippen molar-refractivity contribution in [2.24, 2.45) is 0 Å². The standard InChI is InChI=1S/C13H9BrCl2FN/c14-8-4-5-13(12(17)6-8)18-7-9-10(15)2-1-3-11(9)16/h1-6,18H,7H2. The number of halogens is 4. The van der Waals surface area contributed by atoms with E-state index in [1.165, 1.54) is 6.07 Å². The zero-order valence-corrected chi connectivity index (χ0v) is 12.3. The van der Waals surface area contributed by atoms with Gasteiger partial charge in [-0.25, -0.2) is 4.39 Å². The molecule has 0 heterocycles. The van der Waals surface area contributed by atoms with Crippen LogP contribution < -0.4 is 5.32 Å². The first-order chi connectivity index (χ1) is 8.58. The molecule has 0 bridgehead atoms. The van der Waals surface area contributed by atoms with Crippen molar-refractivity contribution in [2.75, 3.05) is 5.32 Å². The number of rotatable bonds is 3. The molecule has 0 unspecified atom stereocenters. The van der Waals surface area contributed by atoms with Gasteiger partial charge in [-0.2, -0.15) is 0 Å². The number of nitrogens with one attached hydrogen (secondary N) is 1. The lowest BCUT2D eigenvalue weighted by molar-refractivity contribution is 0.629. The van der Waals surface area contributed by atoms with Crippen LogP contribution in [0, 0.1) is 5.82 Å². The molecule has 0 saturated heterocycles. The van der Waals surface area contributed by atoms with E-state index >= 15 is 0 Å². The minimum absolute atomic E-state index is 0.326. The van der Waals surface area contributed by atoms with Gasteiger partial charge in [0.2, 0.25) is 0 Å². The molecule has 1 N–H and O–H groups in total. The highest BCUT2D eigenvalue weighted by atomic mass is 79.9. The third-order valence-corrected chi connectivity index (χ3v) is 3.65. The maximum absolute atomic E-state index is 13.6. The van der Waals surface area contributed by atoms with Gasteiger partial charge < -0.3 is 5.32 Å². The molecule has 0 spiro atoms. The summed E-state index contributed by atoms with van der Waals surface area (Å²) in [6.07, 6.45) is 0. The number of hydrogen-bond acceptors (Lipinski definition) is 1. The third kappa shape index (κ3) is 3.16. The molecular weight excluding hydrogens is 340 g/mol. The van der Waals surface area contributed by atoms with Crippen LogP contribution in [0.2, 0.25) is 10.0 Å². The van der Waals surface area contributed by atoms with E-state index in [1.54, 1.807) is 30.3 Å². The summed E-state index contributed by atoms with van der Waals surface area (Å²) in [5.41, 5.74) is 1.16. The fourth-order valence-electron chi connectivity index (χ4n) is 1.52. The van der Waals surface area contributed by atoms with Gasteiger partial charge in [-0.1, -0.05) is 45.2 Å². The summed E-state index contributed by atoms with van der Waals surface area (Å²) < 4.78 is 14.3. The summed E-state index contributed by atoms with van der Waals surface area (Å²) >= 11 is 15.3. The van der Waals surface area contributed by atoms with Gasteiger partial charge in [0.05, 0.1) is 5.69 Å². The number of hydrogen-bond donors (Lipinski definition) is 1. The Kier molecular flexibility index (Phi) is 4.49. The lowest BCUT2D eigenvalue weighted by atomic mass is 10.2. The molecule has 0 radical (unpaired) electrons. The van der Waals surface area contributed by atoms with E-state index in [0.29, 0.717) is 26.8 Å². The van der Waals surface area contributed by atoms with Gasteiger partial charge in [-0.05, 0) is 30.3 Å². The molecule has 0 aromatic heterocycles. The Morgan fingerprint density at radius 2 is 1.78 bits per heavy atom. The van der Waals surface area contributed by atoms with E-state index in [0.717, 1.165) is 5.56 Å². The summed E-state index contributed by atoms with van der Waals surface area (Å²) in [5.74, 6) is -0.326. The molecule has 94 valence electrons. The lowest BCUT2D eigenvalue weighted by Crippen LogP contribution is -2.02. The molecule has 0 aliphatic carbocycles. The van der Waals surface area contributed by atoms with E-state index in [2.05, 4.69) is 21.2 Å². The zero-order chi connectivity index (χ0) is 13.1. The van der Waals surface area contributed by atoms with Crippen LogP contribution in [-0.2, 0) is 6.54 Å². The molecule has 2 aromatic rings. The average Bonchev–Trinajstić information content (AvgIpc) is 2.31. The molecule has 1 nitrogen and oxygen atoms in total. The topological polar surface area (TPSA) is 12.0 Å². The summed E-state index contributed by atoms with van der Waals surface area (Å²) in [6, 6.07) is 10.1. The van der Waals surface area contributed by atoms with Crippen molar-refractivity contribution in [1.82, 2.24) is 0 Å². The Balaban J connectivity index is 2.16. The largest absolute Gasteiger partial charge is 0.378 e. The first-order valence-corrected chi connectivity index (χ1v) is 6.74. The van der Waals surface area contributed by atoms with Gasteiger partial charge in [0.25, 0.3) is 0 Å². The van der Waals surface area contributed by atoms with Gasteiger partial charge in [-0.15, -0.1) is 0 Å². The Morgan fingerprint density at radius 1 is 1.11 bits per heavy atom. The van der Waals surface area contributed by atoms with Gasteiger partial charge >= 0.3 is 0 Å². The summed E-state index contributed by atoms with van der Waals surface area (Å²) in [7, 11) is 0. The predicted molar refractivity (Wildman–Crippen MR) is 77.9 cm³/mol. The minimum atomic E-state index is -0.326. The summed E-state index contributed by atoms with van der Waals surface area (Å²) in [5, 5.41) is 4.10. The van der Waals surface area contributed by atoms with Gasteiger partial charge in [0.1, 0.15) is 5.82 Å². The van der Waals surface area contributed by atoms with Crippen molar-refractivity contribution in [3.63, 3.8) is 0 Å². The van der Waals surface area contributed by atoms with E-state index < -0.39 is 0 Å². The fourth-order valence-corrected chi connectivity index (χ4v) is 2.38. The summed E-state index contributed by atoms with van der Waals surface area (Å²) in [4.78, 5) is 0. The number of anilines is 1. The van der Waals surface area contributed by atoms with Crippen LogP contribution >= 0.6 is 39.1 Å². The van der Waals surface area contributed by atoms with Crippen LogP contribution in [-0.4, -0.2) is 0 Å². The Bertz CT molecular complexity index is 555. The van der Waals surface area contributed by atoms with E-state index in [-0.39, 0.29) is 5.82 Å². The Labute approximate surface area is 123 Å². The van der Waals surface area contributed by atoms with Crippen molar-refractivity contribution in [3.05, 3.63) is 62.3 Å². The van der Waals surface area contributed by atoms with E-state index in [4.69, 9.17) is 23.2 Å². The second-order valence-electron chi connectivity index (χ2n) is 3.68. The van der Waals surface area contributed by atoms with Crippen molar-refractivity contribution in [2.45, 2.75) is 6.54 Å². The Morgan fingerprint density at radius 3 is 2.39 bits per heavy atom. The van der Waals surface area contributed by atoms with Crippen LogP contribution in [0.3, 0.4) is 0 Å². The van der Waals surface area contributed by atoms with Crippen LogP contribution in [0.15, 0.2) is 40.9 Å². The van der Waals surface area contributed by atoms with Crippen LogP contribution in [0.1, 0.15) is 5.56 Å². The second-order valence-corrected chi connectivity index (χ2v) is 5.41. The number of benzene rings is 2. The third-order valence-electron chi connectivity index (χ3n) is 2.45. The smallest absolute Gasteiger partial charge is 0.147 e. The zero-order valence-electron chi connectivity index (χ0n) is 9.18. The van der Waals surface area contributed by atoms with Crippen molar-refractivity contribution in [3.8, 4) is 0 Å². The SMILES string of the molecule is Fc1cc(Br)ccc1NCc1c(Cl)cccc1Cl. The maximum atomic E-state index is 13.6. The quantitative estimate of drug-likeness (QED) is 0.771. The maximum Gasteiger partial charge on any atom is 0.147 e. The molecule has 0 fully saturated rings. The van der Waals surface area contributed by atoms with E-state index in [1.807, 2.05) is 0 Å². The minimum Gasteiger partial charge on any atom is -0.378 e. The van der Waals surface area contributed by atoms with Crippen molar-refractivity contribution >= 4 is 44.8 Å². The highest BCUT2D eigenvalue weighted by Crippen LogP contribution is 2.26. The molecule has 0 atom stereocenters. The summed E-state index contributed by atoms with van der Waals surface area (Å²) in [6.45, 7) is 0.372. The van der Waals surface area contributed by atoms with Crippen molar-refractivity contribution in [1.29, 1.82) is 0 Å². The molecule has 5 heteroatoms. The van der Waals surface area contributed by atoms with Crippen LogP contribution in [0.5, 0.6) is 0 Å². The molecule has 0 aliphatic heterocycles. The molecule has 2 rings (SSSR count). The molecule has 2 aromatic carbocycles. The molecule has 0 saturated carbocycles. The predicted octanol–water partition coefficient (Wildman–Crippen LogP) is 5.51. The monoisotopic (exact) mass is 347 g/mol. The van der Waals surface area contributed by atoms with Gasteiger partial charge in [0, 0.05) is 26.6 Å². The van der Waals surface area contributed by atoms with Crippen molar-refractivity contribution < 1.29 is 4.39 Å². The second kappa shape index (κ2) is 5.91. The first kappa shape index (κ1) is 13.7. The molecule has 18 heavy (non-hydrogen) atoms. The Hall–Kier alpha value is -0.770. The van der Waals surface area contributed by atoms with Crippen LogP contribution in [0.25, 0.3) is 0 Å². The average molecular weight is 349 g/mol. The molecular formula is C13H9BrCl2FN. The van der Waals surface area contributed by atoms with Gasteiger partial charge in [-0.3, -0.25) is 0 Å².